The molecule has 1 atom stereocenters. The summed E-state index contributed by atoms with van der Waals surface area (Å²) in [6.45, 7) is 0.484. The Hall–Kier alpha value is -2.42. The summed E-state index contributed by atoms with van der Waals surface area (Å²) in [5, 5.41) is 19.7. The largest absolute Gasteiger partial charge is 0.465 e. The lowest BCUT2D eigenvalue weighted by atomic mass is 10.2. The number of carbonyl (C=O) groups excluding carboxylic acids is 1. The number of piperazine rings is 1. The quantitative estimate of drug-likeness (QED) is 0.736. The predicted molar refractivity (Wildman–Crippen MR) is 77.2 cm³/mol. The van der Waals surface area contributed by atoms with Crippen molar-refractivity contribution < 1.29 is 28.6 Å². The van der Waals surface area contributed by atoms with E-state index in [-0.39, 0.29) is 18.8 Å². The van der Waals surface area contributed by atoms with Gasteiger partial charge in [0.25, 0.3) is 0 Å². The van der Waals surface area contributed by atoms with E-state index in [4.69, 9.17) is 10.2 Å². The zero-order valence-electron chi connectivity index (χ0n) is 12.2. The normalized spacial score (nSPS) is 16.1. The van der Waals surface area contributed by atoms with Crippen molar-refractivity contribution in [1.82, 2.24) is 10.2 Å². The van der Waals surface area contributed by atoms with Crippen molar-refractivity contribution in [3.8, 4) is 0 Å². The third-order valence-electron chi connectivity index (χ3n) is 3.62. The Bertz CT molecular complexity index is 591. The van der Waals surface area contributed by atoms with Gasteiger partial charge >= 0.3 is 6.09 Å². The van der Waals surface area contributed by atoms with E-state index in [0.29, 0.717) is 13.1 Å². The second-order valence-electron chi connectivity index (χ2n) is 5.09. The summed E-state index contributed by atoms with van der Waals surface area (Å²) in [6, 6.07) is 2.08. The highest BCUT2D eigenvalue weighted by molar-refractivity contribution is 5.85. The molecule has 126 valence electrons. The molecule has 0 aromatic heterocycles. The molecule has 1 fully saturated rings. The lowest BCUT2D eigenvalue weighted by Gasteiger charge is -2.37. The van der Waals surface area contributed by atoms with Gasteiger partial charge in [-0.1, -0.05) is 0 Å². The van der Waals surface area contributed by atoms with Crippen LogP contribution < -0.4 is 10.2 Å². The minimum Gasteiger partial charge on any atom is -0.465 e. The zero-order chi connectivity index (χ0) is 17.0. The van der Waals surface area contributed by atoms with Gasteiger partial charge in [-0.25, -0.2) is 13.6 Å². The Labute approximate surface area is 131 Å². The van der Waals surface area contributed by atoms with Crippen LogP contribution in [0.1, 0.15) is 0 Å². The van der Waals surface area contributed by atoms with E-state index < -0.39 is 36.3 Å². The first-order valence-corrected chi connectivity index (χ1v) is 7.01. The van der Waals surface area contributed by atoms with Gasteiger partial charge < -0.3 is 25.3 Å². The SMILES string of the molecule is O=C(O)NC(CO)C(=O)N1CCN(c2ccc(F)cc2F)CC1. The summed E-state index contributed by atoms with van der Waals surface area (Å²) >= 11 is 0. The number of benzene rings is 1. The van der Waals surface area contributed by atoms with Crippen LogP contribution in [-0.2, 0) is 4.79 Å². The van der Waals surface area contributed by atoms with E-state index in [9.17, 15) is 18.4 Å². The van der Waals surface area contributed by atoms with E-state index in [1.54, 1.807) is 4.90 Å². The van der Waals surface area contributed by atoms with Gasteiger partial charge in [0.1, 0.15) is 17.7 Å². The first-order valence-electron chi connectivity index (χ1n) is 7.01. The third-order valence-corrected chi connectivity index (χ3v) is 3.62. The van der Waals surface area contributed by atoms with Crippen LogP contribution in [0.25, 0.3) is 0 Å². The number of aliphatic hydroxyl groups excluding tert-OH is 1. The van der Waals surface area contributed by atoms with E-state index in [1.807, 2.05) is 5.32 Å². The average Bonchev–Trinajstić information content (AvgIpc) is 2.52. The van der Waals surface area contributed by atoms with Crippen LogP contribution in [-0.4, -0.2) is 65.9 Å². The van der Waals surface area contributed by atoms with Gasteiger partial charge in [0.2, 0.25) is 5.91 Å². The van der Waals surface area contributed by atoms with Crippen LogP contribution in [0.4, 0.5) is 19.3 Å². The number of anilines is 1. The summed E-state index contributed by atoms with van der Waals surface area (Å²) in [5.74, 6) is -1.87. The third kappa shape index (κ3) is 4.07. The standard InChI is InChI=1S/C14H17F2N3O4/c15-9-1-2-12(10(16)7-9)18-3-5-19(6-4-18)13(21)11(8-20)17-14(22)23/h1-2,7,11,17,20H,3-6,8H2,(H,22,23). The molecule has 0 radical (unpaired) electrons. The zero-order valence-corrected chi connectivity index (χ0v) is 12.2. The number of carboxylic acid groups (broad SMARTS) is 1. The van der Waals surface area contributed by atoms with Crippen LogP contribution >= 0.6 is 0 Å². The molecule has 0 bridgehead atoms. The van der Waals surface area contributed by atoms with Crippen LogP contribution in [0.2, 0.25) is 0 Å². The summed E-state index contributed by atoms with van der Waals surface area (Å²) in [4.78, 5) is 25.8. The number of hydrogen-bond acceptors (Lipinski definition) is 4. The molecule has 9 heteroatoms. The van der Waals surface area contributed by atoms with Gasteiger partial charge in [0.05, 0.1) is 12.3 Å². The van der Waals surface area contributed by atoms with Gasteiger partial charge in [0.15, 0.2) is 0 Å². The number of amides is 2. The molecule has 1 aliphatic rings. The Kier molecular flexibility index (Phi) is 5.32. The van der Waals surface area contributed by atoms with Crippen molar-refractivity contribution >= 4 is 17.7 Å². The van der Waals surface area contributed by atoms with Gasteiger partial charge in [-0.15, -0.1) is 0 Å². The fraction of sp³-hybridized carbons (Fsp3) is 0.429. The molecule has 1 saturated heterocycles. The molecule has 2 rings (SSSR count). The predicted octanol–water partition coefficient (Wildman–Crippen LogP) is 0.242. The van der Waals surface area contributed by atoms with Crippen LogP contribution in [0.3, 0.4) is 0 Å². The van der Waals surface area contributed by atoms with Crippen molar-refractivity contribution in [1.29, 1.82) is 0 Å². The lowest BCUT2D eigenvalue weighted by Crippen LogP contribution is -2.56. The summed E-state index contributed by atoms with van der Waals surface area (Å²) < 4.78 is 26.7. The summed E-state index contributed by atoms with van der Waals surface area (Å²) in [7, 11) is 0. The van der Waals surface area contributed by atoms with Crippen molar-refractivity contribution in [3.63, 3.8) is 0 Å². The molecule has 0 spiro atoms. The fourth-order valence-corrected chi connectivity index (χ4v) is 2.46. The van der Waals surface area contributed by atoms with E-state index in [0.717, 1.165) is 12.1 Å². The minimum atomic E-state index is -1.40. The molecule has 3 N–H and O–H groups in total. The van der Waals surface area contributed by atoms with Gasteiger partial charge in [-0.05, 0) is 12.1 Å². The topological polar surface area (TPSA) is 93.1 Å². The number of halogens is 2. The van der Waals surface area contributed by atoms with E-state index >= 15 is 0 Å². The Morgan fingerprint density at radius 1 is 1.22 bits per heavy atom. The minimum absolute atomic E-state index is 0.244. The number of nitrogens with one attached hydrogen (secondary N) is 1. The molecule has 0 aliphatic carbocycles. The molecule has 2 amide bonds. The highest BCUT2D eigenvalue weighted by atomic mass is 19.1. The Morgan fingerprint density at radius 2 is 1.87 bits per heavy atom. The number of carbonyl (C=O) groups is 2. The number of hydrogen-bond donors (Lipinski definition) is 3. The fourth-order valence-electron chi connectivity index (χ4n) is 2.46. The molecule has 1 aromatic carbocycles. The number of nitrogens with zero attached hydrogens (tertiary/aromatic N) is 2. The first kappa shape index (κ1) is 16.9. The Balaban J connectivity index is 1.97. The second-order valence-corrected chi connectivity index (χ2v) is 5.09. The van der Waals surface area contributed by atoms with Crippen LogP contribution in [0, 0.1) is 11.6 Å². The van der Waals surface area contributed by atoms with Crippen molar-refractivity contribution in [2.24, 2.45) is 0 Å². The van der Waals surface area contributed by atoms with Crippen LogP contribution in [0.5, 0.6) is 0 Å². The monoisotopic (exact) mass is 329 g/mol. The van der Waals surface area contributed by atoms with Crippen molar-refractivity contribution in [2.75, 3.05) is 37.7 Å². The smallest absolute Gasteiger partial charge is 0.405 e. The second kappa shape index (κ2) is 7.23. The van der Waals surface area contributed by atoms with Crippen molar-refractivity contribution in [3.05, 3.63) is 29.8 Å². The Morgan fingerprint density at radius 3 is 2.39 bits per heavy atom. The molecule has 1 aromatic rings. The van der Waals surface area contributed by atoms with E-state index in [1.165, 1.54) is 11.0 Å². The number of aliphatic hydroxyl groups is 1. The first-order chi connectivity index (χ1) is 10.9. The molecule has 7 nitrogen and oxygen atoms in total. The highest BCUT2D eigenvalue weighted by Gasteiger charge is 2.28. The molecule has 0 saturated carbocycles. The molecule has 23 heavy (non-hydrogen) atoms. The maximum atomic E-state index is 13.7. The van der Waals surface area contributed by atoms with Crippen molar-refractivity contribution in [2.45, 2.75) is 6.04 Å². The molecular formula is C14H17F2N3O4. The molecule has 1 unspecified atom stereocenters. The summed E-state index contributed by atoms with van der Waals surface area (Å²) in [6.07, 6.45) is -1.40. The molecular weight excluding hydrogens is 312 g/mol. The van der Waals surface area contributed by atoms with E-state index in [2.05, 4.69) is 0 Å². The van der Waals surface area contributed by atoms with Gasteiger partial charge in [-0.2, -0.15) is 0 Å². The highest BCUT2D eigenvalue weighted by Crippen LogP contribution is 2.21. The van der Waals surface area contributed by atoms with Gasteiger partial charge in [0, 0.05) is 32.2 Å². The molecule has 1 aliphatic heterocycles. The maximum absolute atomic E-state index is 13.7. The number of rotatable bonds is 4. The van der Waals surface area contributed by atoms with Crippen LogP contribution in [0.15, 0.2) is 18.2 Å². The molecule has 1 heterocycles. The lowest BCUT2D eigenvalue weighted by molar-refractivity contribution is -0.134. The maximum Gasteiger partial charge on any atom is 0.405 e. The van der Waals surface area contributed by atoms with Gasteiger partial charge in [-0.3, -0.25) is 4.79 Å². The average molecular weight is 329 g/mol. The summed E-state index contributed by atoms with van der Waals surface area (Å²) in [5.41, 5.74) is 0.251.